The lowest BCUT2D eigenvalue weighted by atomic mass is 9.70. The number of hydrogen-bond acceptors (Lipinski definition) is 1. The van der Waals surface area contributed by atoms with Gasteiger partial charge in [0.25, 0.3) is 0 Å². The zero-order valence-electron chi connectivity index (χ0n) is 14.6. The summed E-state index contributed by atoms with van der Waals surface area (Å²) >= 11 is 0. The van der Waals surface area contributed by atoms with Crippen molar-refractivity contribution in [1.29, 1.82) is 0 Å². The molecular weight excluding hydrogens is 231 g/mol. The molecule has 0 N–H and O–H groups in total. The first kappa shape index (κ1) is 19.0. The summed E-state index contributed by atoms with van der Waals surface area (Å²) < 4.78 is 6.66. The van der Waals surface area contributed by atoms with E-state index in [1.807, 2.05) is 0 Å². The van der Waals surface area contributed by atoms with Crippen molar-refractivity contribution < 1.29 is 4.74 Å². The molecule has 0 heterocycles. The summed E-state index contributed by atoms with van der Waals surface area (Å²) in [5.74, 6) is 1.95. The minimum absolute atomic E-state index is 0.0459. The van der Waals surface area contributed by atoms with Gasteiger partial charge in [-0.25, -0.2) is 0 Å². The largest absolute Gasteiger partial charge is 0.380 e. The Labute approximate surface area is 123 Å². The minimum Gasteiger partial charge on any atom is -0.380 e. The Morgan fingerprint density at radius 1 is 1.05 bits per heavy atom. The van der Waals surface area contributed by atoms with Crippen LogP contribution in [0.5, 0.6) is 0 Å². The van der Waals surface area contributed by atoms with Crippen LogP contribution in [0.2, 0.25) is 6.82 Å². The molecule has 1 radical (unpaired) electrons. The van der Waals surface area contributed by atoms with Crippen LogP contribution in [0.1, 0.15) is 74.1 Å². The molecule has 0 rings (SSSR count). The third-order valence-electron chi connectivity index (χ3n) is 4.42. The van der Waals surface area contributed by atoms with Crippen molar-refractivity contribution in [2.24, 2.45) is 17.8 Å². The molecule has 0 spiro atoms. The van der Waals surface area contributed by atoms with E-state index in [9.17, 15) is 0 Å². The second-order valence-corrected chi connectivity index (χ2v) is 6.84. The van der Waals surface area contributed by atoms with Gasteiger partial charge in [-0.15, -0.1) is 0 Å². The van der Waals surface area contributed by atoms with Gasteiger partial charge in [0.1, 0.15) is 7.28 Å². The van der Waals surface area contributed by atoms with Gasteiger partial charge in [-0.3, -0.25) is 0 Å². The average Bonchev–Trinajstić information content (AvgIpc) is 2.34. The Hall–Kier alpha value is 0.0249. The molecule has 0 fully saturated rings. The molecule has 0 aromatic carbocycles. The summed E-state index contributed by atoms with van der Waals surface area (Å²) in [5, 5.41) is 0. The van der Waals surface area contributed by atoms with Crippen LogP contribution < -0.4 is 0 Å². The first-order valence-corrected chi connectivity index (χ1v) is 8.30. The predicted octanol–water partition coefficient (Wildman–Crippen LogP) is 5.37. The number of ether oxygens (including phenoxy) is 1. The van der Waals surface area contributed by atoms with Crippen molar-refractivity contribution in [2.45, 2.75) is 92.6 Å². The summed E-state index contributed by atoms with van der Waals surface area (Å²) in [5.41, 5.74) is 0.0459. The second kappa shape index (κ2) is 9.05. The zero-order valence-corrected chi connectivity index (χ0v) is 14.6. The molecule has 0 saturated carbocycles. The standard InChI is InChI=1S/C17H36BO/c1-9-11-17(12-13(3)4,15(7)14(5)6)19-16(10-2)18-8/h13-16H,9-12H2,1-8H3. The van der Waals surface area contributed by atoms with E-state index in [2.05, 4.69) is 62.6 Å². The maximum Gasteiger partial charge on any atom is 0.146 e. The van der Waals surface area contributed by atoms with E-state index in [0.29, 0.717) is 23.8 Å². The van der Waals surface area contributed by atoms with Gasteiger partial charge in [0.15, 0.2) is 0 Å². The molecule has 0 amide bonds. The van der Waals surface area contributed by atoms with E-state index in [0.717, 1.165) is 6.42 Å². The number of hydrogen-bond donors (Lipinski definition) is 0. The molecule has 0 aromatic heterocycles. The molecule has 3 unspecified atom stereocenters. The molecule has 1 nitrogen and oxygen atoms in total. The van der Waals surface area contributed by atoms with Gasteiger partial charge < -0.3 is 4.74 Å². The lowest BCUT2D eigenvalue weighted by Crippen LogP contribution is -2.46. The molecule has 0 aliphatic heterocycles. The summed E-state index contributed by atoms with van der Waals surface area (Å²) in [6.07, 6.45) is 4.62. The Balaban J connectivity index is 5.22. The molecule has 3 atom stereocenters. The van der Waals surface area contributed by atoms with Crippen LogP contribution in [-0.4, -0.2) is 18.9 Å². The van der Waals surface area contributed by atoms with Gasteiger partial charge in [-0.2, -0.15) is 0 Å². The second-order valence-electron chi connectivity index (χ2n) is 6.84. The van der Waals surface area contributed by atoms with Gasteiger partial charge in [-0.1, -0.05) is 61.7 Å². The SMILES string of the molecule is C[B]C(CC)OC(CCC)(CC(C)C)C(C)C(C)C. The monoisotopic (exact) mass is 267 g/mol. The fourth-order valence-corrected chi connectivity index (χ4v) is 3.14. The highest BCUT2D eigenvalue weighted by Crippen LogP contribution is 2.39. The van der Waals surface area contributed by atoms with E-state index in [4.69, 9.17) is 4.74 Å². The van der Waals surface area contributed by atoms with Gasteiger partial charge in [-0.05, 0) is 37.0 Å². The molecule has 0 bridgehead atoms. The number of rotatable bonds is 10. The zero-order chi connectivity index (χ0) is 15.1. The molecule has 0 aliphatic carbocycles. The predicted molar refractivity (Wildman–Crippen MR) is 87.9 cm³/mol. The lowest BCUT2D eigenvalue weighted by Gasteiger charge is -2.45. The fraction of sp³-hybridized carbons (Fsp3) is 1.00. The van der Waals surface area contributed by atoms with Crippen LogP contribution in [0.15, 0.2) is 0 Å². The Kier molecular flexibility index (Phi) is 9.06. The van der Waals surface area contributed by atoms with Crippen LogP contribution in [0, 0.1) is 17.8 Å². The molecule has 0 saturated heterocycles. The van der Waals surface area contributed by atoms with Gasteiger partial charge >= 0.3 is 0 Å². The fourth-order valence-electron chi connectivity index (χ4n) is 3.14. The topological polar surface area (TPSA) is 9.23 Å². The van der Waals surface area contributed by atoms with Gasteiger partial charge in [0, 0.05) is 6.00 Å². The van der Waals surface area contributed by atoms with Crippen molar-refractivity contribution in [3.05, 3.63) is 0 Å². The average molecular weight is 267 g/mol. The maximum absolute atomic E-state index is 6.66. The van der Waals surface area contributed by atoms with Crippen LogP contribution in [0.3, 0.4) is 0 Å². The lowest BCUT2D eigenvalue weighted by molar-refractivity contribution is -0.127. The van der Waals surface area contributed by atoms with Crippen molar-refractivity contribution in [2.75, 3.05) is 0 Å². The Morgan fingerprint density at radius 3 is 1.95 bits per heavy atom. The van der Waals surface area contributed by atoms with Crippen molar-refractivity contribution in [3.8, 4) is 0 Å². The van der Waals surface area contributed by atoms with Crippen LogP contribution in [-0.2, 0) is 4.74 Å². The van der Waals surface area contributed by atoms with E-state index in [-0.39, 0.29) is 5.60 Å². The van der Waals surface area contributed by atoms with Crippen molar-refractivity contribution in [3.63, 3.8) is 0 Å². The van der Waals surface area contributed by atoms with Crippen LogP contribution in [0.4, 0.5) is 0 Å². The minimum atomic E-state index is 0.0459. The third kappa shape index (κ3) is 5.89. The van der Waals surface area contributed by atoms with E-state index in [1.165, 1.54) is 19.3 Å². The molecule has 113 valence electrons. The van der Waals surface area contributed by atoms with Gasteiger partial charge in [0.2, 0.25) is 0 Å². The van der Waals surface area contributed by atoms with Crippen LogP contribution >= 0.6 is 0 Å². The summed E-state index contributed by atoms with van der Waals surface area (Å²) in [6, 6.07) is 0.298. The molecule has 19 heavy (non-hydrogen) atoms. The smallest absolute Gasteiger partial charge is 0.146 e. The third-order valence-corrected chi connectivity index (χ3v) is 4.42. The van der Waals surface area contributed by atoms with Crippen LogP contribution in [0.25, 0.3) is 0 Å². The summed E-state index contributed by atoms with van der Waals surface area (Å²) in [6.45, 7) is 18.3. The van der Waals surface area contributed by atoms with Crippen molar-refractivity contribution >= 4 is 7.28 Å². The van der Waals surface area contributed by atoms with Crippen molar-refractivity contribution in [1.82, 2.24) is 0 Å². The maximum atomic E-state index is 6.66. The quantitative estimate of drug-likeness (QED) is 0.483. The van der Waals surface area contributed by atoms with E-state index < -0.39 is 0 Å². The Bertz CT molecular complexity index is 223. The summed E-state index contributed by atoms with van der Waals surface area (Å²) in [7, 11) is 2.22. The highest BCUT2D eigenvalue weighted by Gasteiger charge is 2.39. The first-order valence-electron chi connectivity index (χ1n) is 8.30. The summed E-state index contributed by atoms with van der Waals surface area (Å²) in [4.78, 5) is 0. The Morgan fingerprint density at radius 2 is 1.63 bits per heavy atom. The molecule has 0 aliphatic rings. The first-order chi connectivity index (χ1) is 8.82. The highest BCUT2D eigenvalue weighted by atomic mass is 16.5. The van der Waals surface area contributed by atoms with E-state index in [1.54, 1.807) is 0 Å². The normalized spacial score (nSPS) is 18.4. The van der Waals surface area contributed by atoms with E-state index >= 15 is 0 Å². The van der Waals surface area contributed by atoms with Gasteiger partial charge in [0.05, 0.1) is 5.60 Å². The highest BCUT2D eigenvalue weighted by molar-refractivity contribution is 6.35. The molecular formula is C17H36BO. The molecule has 0 aromatic rings. The molecule has 2 heteroatoms.